The SMILES string of the molecule is Nc1ccc(-c2ccccc2)cc1NC(=O)c1ccc(CNC(=O)c2cc3ccccc3o2)cc1. The first-order chi connectivity index (χ1) is 17.1. The first kappa shape index (κ1) is 22.0. The molecule has 0 unspecified atom stereocenters. The van der Waals surface area contributed by atoms with Gasteiger partial charge < -0.3 is 20.8 Å². The molecular formula is C29H23N3O3. The van der Waals surface area contributed by atoms with Crippen LogP contribution < -0.4 is 16.4 Å². The summed E-state index contributed by atoms with van der Waals surface area (Å²) >= 11 is 0. The Balaban J connectivity index is 1.22. The smallest absolute Gasteiger partial charge is 0.287 e. The number of fused-ring (bicyclic) bond motifs is 1. The highest BCUT2D eigenvalue weighted by atomic mass is 16.3. The third-order valence-corrected chi connectivity index (χ3v) is 5.73. The van der Waals surface area contributed by atoms with Crippen LogP contribution in [0.2, 0.25) is 0 Å². The van der Waals surface area contributed by atoms with E-state index >= 15 is 0 Å². The van der Waals surface area contributed by atoms with Crippen LogP contribution in [-0.4, -0.2) is 11.8 Å². The average molecular weight is 462 g/mol. The van der Waals surface area contributed by atoms with E-state index in [0.717, 1.165) is 22.1 Å². The molecule has 1 heterocycles. The van der Waals surface area contributed by atoms with Gasteiger partial charge in [-0.2, -0.15) is 0 Å². The van der Waals surface area contributed by atoms with Crippen LogP contribution in [0.1, 0.15) is 26.5 Å². The van der Waals surface area contributed by atoms with Gasteiger partial charge in [-0.15, -0.1) is 0 Å². The van der Waals surface area contributed by atoms with Crippen molar-refractivity contribution in [1.29, 1.82) is 0 Å². The Morgan fingerprint density at radius 3 is 2.26 bits per heavy atom. The van der Waals surface area contributed by atoms with E-state index < -0.39 is 0 Å². The number of benzene rings is 4. The van der Waals surface area contributed by atoms with Crippen LogP contribution in [0.4, 0.5) is 11.4 Å². The summed E-state index contributed by atoms with van der Waals surface area (Å²) in [6.07, 6.45) is 0. The van der Waals surface area contributed by atoms with Gasteiger partial charge in [0.05, 0.1) is 11.4 Å². The maximum atomic E-state index is 12.8. The van der Waals surface area contributed by atoms with E-state index in [1.165, 1.54) is 0 Å². The van der Waals surface area contributed by atoms with Crippen LogP contribution in [0.15, 0.2) is 108 Å². The molecule has 2 amide bonds. The van der Waals surface area contributed by atoms with Crippen molar-refractivity contribution in [3.05, 3.63) is 120 Å². The maximum Gasteiger partial charge on any atom is 0.287 e. The fourth-order valence-corrected chi connectivity index (χ4v) is 3.81. The van der Waals surface area contributed by atoms with Crippen molar-refractivity contribution in [2.45, 2.75) is 6.54 Å². The molecule has 5 aromatic rings. The van der Waals surface area contributed by atoms with Gasteiger partial charge in [-0.25, -0.2) is 0 Å². The molecule has 172 valence electrons. The quantitative estimate of drug-likeness (QED) is 0.276. The molecule has 0 saturated carbocycles. The third kappa shape index (κ3) is 4.91. The van der Waals surface area contributed by atoms with Crippen molar-refractivity contribution in [1.82, 2.24) is 5.32 Å². The minimum Gasteiger partial charge on any atom is -0.451 e. The number of hydrogen-bond acceptors (Lipinski definition) is 4. The Morgan fingerprint density at radius 1 is 0.743 bits per heavy atom. The van der Waals surface area contributed by atoms with Gasteiger partial charge in [-0.05, 0) is 53.1 Å². The summed E-state index contributed by atoms with van der Waals surface area (Å²) in [5.74, 6) is -0.297. The second kappa shape index (κ2) is 9.57. The monoisotopic (exact) mass is 461 g/mol. The normalized spacial score (nSPS) is 10.7. The number of furan rings is 1. The zero-order valence-corrected chi connectivity index (χ0v) is 18.8. The Morgan fingerprint density at radius 2 is 1.49 bits per heavy atom. The predicted molar refractivity (Wildman–Crippen MR) is 138 cm³/mol. The van der Waals surface area contributed by atoms with E-state index in [4.69, 9.17) is 10.2 Å². The lowest BCUT2D eigenvalue weighted by Crippen LogP contribution is -2.22. The van der Waals surface area contributed by atoms with E-state index in [2.05, 4.69) is 10.6 Å². The summed E-state index contributed by atoms with van der Waals surface area (Å²) in [4.78, 5) is 25.3. The van der Waals surface area contributed by atoms with E-state index in [9.17, 15) is 9.59 Å². The standard InChI is InChI=1S/C29H23N3O3/c30-24-15-14-22(20-6-2-1-3-7-20)16-25(24)32-28(33)21-12-10-19(11-13-21)18-31-29(34)27-17-23-8-4-5-9-26(23)35-27/h1-17H,18,30H2,(H,31,34)(H,32,33). The van der Waals surface area contributed by atoms with Crippen molar-refractivity contribution in [2.75, 3.05) is 11.1 Å². The molecule has 0 atom stereocenters. The number of carbonyl (C=O) groups excluding carboxylic acids is 2. The van der Waals surface area contributed by atoms with E-state index in [1.54, 1.807) is 36.4 Å². The molecule has 0 spiro atoms. The number of nitrogens with two attached hydrogens (primary N) is 1. The molecule has 35 heavy (non-hydrogen) atoms. The van der Waals surface area contributed by atoms with Gasteiger partial charge in [-0.1, -0.05) is 66.7 Å². The van der Waals surface area contributed by atoms with E-state index in [0.29, 0.717) is 29.1 Å². The lowest BCUT2D eigenvalue weighted by Gasteiger charge is -2.11. The number of nitrogen functional groups attached to an aromatic ring is 1. The topological polar surface area (TPSA) is 97.4 Å². The van der Waals surface area contributed by atoms with Crippen molar-refractivity contribution in [3.63, 3.8) is 0 Å². The number of hydrogen-bond donors (Lipinski definition) is 3. The molecule has 0 saturated heterocycles. The molecule has 0 aliphatic rings. The molecular weight excluding hydrogens is 438 g/mol. The number of para-hydroxylation sites is 1. The fraction of sp³-hybridized carbons (Fsp3) is 0.0345. The van der Waals surface area contributed by atoms with Crippen LogP contribution >= 0.6 is 0 Å². The molecule has 0 fully saturated rings. The van der Waals surface area contributed by atoms with Gasteiger partial charge >= 0.3 is 0 Å². The highest BCUT2D eigenvalue weighted by Gasteiger charge is 2.13. The molecule has 0 aliphatic carbocycles. The van der Waals surface area contributed by atoms with Crippen LogP contribution in [0.5, 0.6) is 0 Å². The fourth-order valence-electron chi connectivity index (χ4n) is 3.81. The maximum absolute atomic E-state index is 12.8. The number of nitrogens with one attached hydrogen (secondary N) is 2. The van der Waals surface area contributed by atoms with Gasteiger partial charge in [0.2, 0.25) is 0 Å². The van der Waals surface area contributed by atoms with E-state index in [1.807, 2.05) is 66.7 Å². The molecule has 0 radical (unpaired) electrons. The number of carbonyl (C=O) groups is 2. The minimum absolute atomic E-state index is 0.262. The van der Waals surface area contributed by atoms with Crippen LogP contribution in [0, 0.1) is 0 Å². The molecule has 0 aliphatic heterocycles. The first-order valence-electron chi connectivity index (χ1n) is 11.2. The van der Waals surface area contributed by atoms with Crippen molar-refractivity contribution in [3.8, 4) is 11.1 Å². The van der Waals surface area contributed by atoms with Gasteiger partial charge in [-0.3, -0.25) is 9.59 Å². The Labute approximate surface area is 202 Å². The van der Waals surface area contributed by atoms with Crippen LogP contribution in [0.25, 0.3) is 22.1 Å². The Hall–Kier alpha value is -4.84. The predicted octanol–water partition coefficient (Wildman–Crippen LogP) is 5.86. The summed E-state index contributed by atoms with van der Waals surface area (Å²) in [6.45, 7) is 0.309. The largest absolute Gasteiger partial charge is 0.451 e. The van der Waals surface area contributed by atoms with Crippen molar-refractivity contribution >= 4 is 34.2 Å². The van der Waals surface area contributed by atoms with Gasteiger partial charge in [0.25, 0.3) is 11.8 Å². The average Bonchev–Trinajstić information content (AvgIpc) is 3.34. The molecule has 1 aromatic heterocycles. The summed E-state index contributed by atoms with van der Waals surface area (Å²) in [7, 11) is 0. The highest BCUT2D eigenvalue weighted by Crippen LogP contribution is 2.27. The summed E-state index contributed by atoms with van der Waals surface area (Å²) < 4.78 is 5.60. The third-order valence-electron chi connectivity index (χ3n) is 5.73. The highest BCUT2D eigenvalue weighted by molar-refractivity contribution is 6.06. The summed E-state index contributed by atoms with van der Waals surface area (Å²) in [5, 5.41) is 6.62. The zero-order valence-electron chi connectivity index (χ0n) is 18.8. The first-order valence-corrected chi connectivity index (χ1v) is 11.2. The van der Waals surface area contributed by atoms with E-state index in [-0.39, 0.29) is 17.6 Å². The zero-order chi connectivity index (χ0) is 24.2. The molecule has 6 heteroatoms. The number of amides is 2. The molecule has 4 aromatic carbocycles. The van der Waals surface area contributed by atoms with Crippen molar-refractivity contribution in [2.24, 2.45) is 0 Å². The second-order valence-corrected chi connectivity index (χ2v) is 8.15. The Bertz CT molecular complexity index is 1470. The lowest BCUT2D eigenvalue weighted by molar-refractivity contribution is 0.0924. The lowest BCUT2D eigenvalue weighted by atomic mass is 10.0. The van der Waals surface area contributed by atoms with Crippen LogP contribution in [-0.2, 0) is 6.54 Å². The molecule has 6 nitrogen and oxygen atoms in total. The number of rotatable bonds is 6. The van der Waals surface area contributed by atoms with Gasteiger partial charge in [0.1, 0.15) is 5.58 Å². The number of anilines is 2. The molecule has 5 rings (SSSR count). The summed E-state index contributed by atoms with van der Waals surface area (Å²) in [5.41, 5.74) is 11.2. The Kier molecular flexibility index (Phi) is 6.01. The second-order valence-electron chi connectivity index (χ2n) is 8.15. The molecule has 4 N–H and O–H groups in total. The summed E-state index contributed by atoms with van der Waals surface area (Å²) in [6, 6.07) is 31.7. The minimum atomic E-state index is -0.295. The van der Waals surface area contributed by atoms with Crippen LogP contribution in [0.3, 0.4) is 0 Å². The molecule has 0 bridgehead atoms. The van der Waals surface area contributed by atoms with Crippen molar-refractivity contribution < 1.29 is 14.0 Å². The van der Waals surface area contributed by atoms with Gasteiger partial charge in [0, 0.05) is 17.5 Å². The van der Waals surface area contributed by atoms with Gasteiger partial charge in [0.15, 0.2) is 5.76 Å².